The van der Waals surface area contributed by atoms with Crippen molar-refractivity contribution >= 4 is 50.2 Å². The van der Waals surface area contributed by atoms with Gasteiger partial charge in [-0.25, -0.2) is 0 Å². The summed E-state index contributed by atoms with van der Waals surface area (Å²) in [7, 11) is 1.56. The van der Waals surface area contributed by atoms with Crippen LogP contribution in [0, 0.1) is 0 Å². The molecular formula is C10H12Br2ClNO3. The summed E-state index contributed by atoms with van der Waals surface area (Å²) in [6.07, 6.45) is 0.274. The fourth-order valence-corrected chi connectivity index (χ4v) is 2.87. The lowest BCUT2D eigenvalue weighted by atomic mass is 10.1. The summed E-state index contributed by atoms with van der Waals surface area (Å²) < 4.78 is 6.66. The smallest absolute Gasteiger partial charge is 0.320 e. The Kier molecular flexibility index (Phi) is 7.08. The van der Waals surface area contributed by atoms with Crippen LogP contribution in [0.5, 0.6) is 5.75 Å². The quantitative estimate of drug-likeness (QED) is 0.830. The van der Waals surface area contributed by atoms with Gasteiger partial charge in [0.25, 0.3) is 0 Å². The molecule has 0 aliphatic heterocycles. The first-order valence-corrected chi connectivity index (χ1v) is 6.04. The predicted octanol–water partition coefficient (Wildman–Crippen LogP) is 2.60. The van der Waals surface area contributed by atoms with Crippen molar-refractivity contribution in [1.29, 1.82) is 0 Å². The molecule has 1 aromatic rings. The molecule has 7 heteroatoms. The van der Waals surface area contributed by atoms with Gasteiger partial charge in [-0.1, -0.05) is 0 Å². The van der Waals surface area contributed by atoms with E-state index in [0.717, 1.165) is 14.5 Å². The lowest BCUT2D eigenvalue weighted by molar-refractivity contribution is -0.138. The van der Waals surface area contributed by atoms with E-state index >= 15 is 0 Å². The van der Waals surface area contributed by atoms with Crippen LogP contribution >= 0.6 is 44.3 Å². The van der Waals surface area contributed by atoms with Gasteiger partial charge >= 0.3 is 5.97 Å². The second-order valence-electron chi connectivity index (χ2n) is 3.24. The minimum Gasteiger partial charge on any atom is -0.494 e. The molecule has 0 spiro atoms. The summed E-state index contributed by atoms with van der Waals surface area (Å²) in [4.78, 5) is 10.6. The predicted molar refractivity (Wildman–Crippen MR) is 75.0 cm³/mol. The summed E-state index contributed by atoms with van der Waals surface area (Å²) in [6.45, 7) is 0. The van der Waals surface area contributed by atoms with Gasteiger partial charge in [0.05, 0.1) is 16.1 Å². The maximum atomic E-state index is 10.6. The van der Waals surface area contributed by atoms with Gasteiger partial charge in [0, 0.05) is 0 Å². The number of nitrogens with two attached hydrogens (primary N) is 1. The highest BCUT2D eigenvalue weighted by Crippen LogP contribution is 2.34. The number of ether oxygens (including phenoxy) is 1. The minimum atomic E-state index is -1.01. The summed E-state index contributed by atoms with van der Waals surface area (Å²) in [6, 6.07) is 2.70. The third kappa shape index (κ3) is 4.46. The number of carboxylic acid groups (broad SMARTS) is 1. The molecule has 0 aliphatic rings. The number of benzene rings is 1. The third-order valence-electron chi connectivity index (χ3n) is 2.04. The second-order valence-corrected chi connectivity index (χ2v) is 4.95. The SMILES string of the molecule is COc1c(Br)cc(C[C@@H](N)C(=O)O)cc1Br.Cl. The zero-order valence-electron chi connectivity index (χ0n) is 8.94. The number of rotatable bonds is 4. The van der Waals surface area contributed by atoms with Crippen LogP contribution in [-0.4, -0.2) is 24.2 Å². The Balaban J connectivity index is 0.00000256. The van der Waals surface area contributed by atoms with Crippen molar-refractivity contribution < 1.29 is 14.6 Å². The fraction of sp³-hybridized carbons (Fsp3) is 0.300. The van der Waals surface area contributed by atoms with Crippen LogP contribution in [0.3, 0.4) is 0 Å². The topological polar surface area (TPSA) is 72.5 Å². The Bertz CT molecular complexity index is 392. The first-order chi connectivity index (χ1) is 7.45. The number of methoxy groups -OCH3 is 1. The molecule has 0 saturated heterocycles. The fourth-order valence-electron chi connectivity index (χ4n) is 1.27. The van der Waals surface area contributed by atoms with E-state index in [2.05, 4.69) is 31.9 Å². The van der Waals surface area contributed by atoms with Crippen LogP contribution in [0.4, 0.5) is 0 Å². The Labute approximate surface area is 122 Å². The molecule has 0 saturated carbocycles. The van der Waals surface area contributed by atoms with E-state index in [-0.39, 0.29) is 18.8 Å². The van der Waals surface area contributed by atoms with Gasteiger partial charge in [0.2, 0.25) is 0 Å². The van der Waals surface area contributed by atoms with E-state index in [0.29, 0.717) is 5.75 Å². The van der Waals surface area contributed by atoms with Crippen LogP contribution in [0.15, 0.2) is 21.1 Å². The maximum absolute atomic E-state index is 10.6. The van der Waals surface area contributed by atoms with Crippen molar-refractivity contribution in [1.82, 2.24) is 0 Å². The van der Waals surface area contributed by atoms with E-state index in [1.54, 1.807) is 19.2 Å². The zero-order chi connectivity index (χ0) is 12.3. The van der Waals surface area contributed by atoms with Crippen molar-refractivity contribution in [3.63, 3.8) is 0 Å². The molecule has 0 bridgehead atoms. The van der Waals surface area contributed by atoms with Crippen molar-refractivity contribution in [3.05, 3.63) is 26.6 Å². The molecule has 0 radical (unpaired) electrons. The van der Waals surface area contributed by atoms with Crippen LogP contribution in [0.2, 0.25) is 0 Å². The average Bonchev–Trinajstić information content (AvgIpc) is 2.16. The van der Waals surface area contributed by atoms with Crippen LogP contribution in [0.25, 0.3) is 0 Å². The normalized spacial score (nSPS) is 11.5. The maximum Gasteiger partial charge on any atom is 0.320 e. The zero-order valence-corrected chi connectivity index (χ0v) is 12.9. The Morgan fingerprint density at radius 3 is 2.29 bits per heavy atom. The van der Waals surface area contributed by atoms with E-state index in [1.165, 1.54) is 0 Å². The van der Waals surface area contributed by atoms with Gasteiger partial charge in [0.1, 0.15) is 11.8 Å². The molecule has 0 amide bonds. The third-order valence-corrected chi connectivity index (χ3v) is 3.21. The van der Waals surface area contributed by atoms with Crippen LogP contribution < -0.4 is 10.5 Å². The number of halogens is 3. The summed E-state index contributed by atoms with van der Waals surface area (Å²) in [5.74, 6) is -0.337. The molecule has 1 rings (SSSR count). The van der Waals surface area contributed by atoms with Crippen molar-refractivity contribution in [3.8, 4) is 5.75 Å². The standard InChI is InChI=1S/C10H11Br2NO3.ClH/c1-16-9-6(11)2-5(3-7(9)12)4-8(13)10(14)15;/h2-3,8H,4,13H2,1H3,(H,14,15);1H/t8-;/m1./s1. The van der Waals surface area contributed by atoms with Crippen LogP contribution in [-0.2, 0) is 11.2 Å². The summed E-state index contributed by atoms with van der Waals surface area (Å²) in [5.41, 5.74) is 6.29. The van der Waals surface area contributed by atoms with Gasteiger partial charge in [-0.3, -0.25) is 4.79 Å². The Morgan fingerprint density at radius 2 is 1.94 bits per heavy atom. The molecule has 0 unspecified atom stereocenters. The monoisotopic (exact) mass is 387 g/mol. The minimum absolute atomic E-state index is 0. The molecule has 96 valence electrons. The molecule has 17 heavy (non-hydrogen) atoms. The Hall–Kier alpha value is -0.300. The van der Waals surface area contributed by atoms with Crippen molar-refractivity contribution in [2.75, 3.05) is 7.11 Å². The number of carboxylic acids is 1. The number of aliphatic carboxylic acids is 1. The largest absolute Gasteiger partial charge is 0.494 e. The highest BCUT2D eigenvalue weighted by Gasteiger charge is 2.14. The number of carbonyl (C=O) groups is 1. The second kappa shape index (κ2) is 7.20. The van der Waals surface area contributed by atoms with Crippen molar-refractivity contribution in [2.45, 2.75) is 12.5 Å². The van der Waals surface area contributed by atoms with E-state index in [9.17, 15) is 4.79 Å². The highest BCUT2D eigenvalue weighted by atomic mass is 79.9. The summed E-state index contributed by atoms with van der Waals surface area (Å²) in [5, 5.41) is 8.71. The molecule has 1 atom stereocenters. The van der Waals surface area contributed by atoms with E-state index in [4.69, 9.17) is 15.6 Å². The van der Waals surface area contributed by atoms with Gasteiger partial charge in [-0.05, 0) is 56.0 Å². The van der Waals surface area contributed by atoms with Gasteiger partial charge in [-0.2, -0.15) is 0 Å². The van der Waals surface area contributed by atoms with Crippen molar-refractivity contribution in [2.24, 2.45) is 5.73 Å². The molecule has 0 aromatic heterocycles. The first kappa shape index (κ1) is 16.7. The average molecular weight is 389 g/mol. The molecule has 4 nitrogen and oxygen atoms in total. The molecule has 3 N–H and O–H groups in total. The van der Waals surface area contributed by atoms with Gasteiger partial charge in [0.15, 0.2) is 0 Å². The Morgan fingerprint density at radius 1 is 1.47 bits per heavy atom. The van der Waals surface area contributed by atoms with E-state index in [1.807, 2.05) is 0 Å². The molecule has 0 heterocycles. The van der Waals surface area contributed by atoms with E-state index < -0.39 is 12.0 Å². The van der Waals surface area contributed by atoms with Crippen LogP contribution in [0.1, 0.15) is 5.56 Å². The molecule has 0 fully saturated rings. The van der Waals surface area contributed by atoms with Gasteiger partial charge in [-0.15, -0.1) is 12.4 Å². The lowest BCUT2D eigenvalue weighted by Gasteiger charge is -2.11. The molecular weight excluding hydrogens is 377 g/mol. The summed E-state index contributed by atoms with van der Waals surface area (Å²) >= 11 is 6.68. The lowest BCUT2D eigenvalue weighted by Crippen LogP contribution is -2.32. The van der Waals surface area contributed by atoms with Gasteiger partial charge < -0.3 is 15.6 Å². The molecule has 1 aromatic carbocycles. The number of hydrogen-bond donors (Lipinski definition) is 2. The molecule has 0 aliphatic carbocycles. The first-order valence-electron chi connectivity index (χ1n) is 4.46. The number of hydrogen-bond acceptors (Lipinski definition) is 3. The highest BCUT2D eigenvalue weighted by molar-refractivity contribution is 9.11.